The molecule has 3 heterocycles. The van der Waals surface area contributed by atoms with Crippen LogP contribution in [0.15, 0.2) is 36.9 Å². The van der Waals surface area contributed by atoms with Crippen molar-refractivity contribution < 1.29 is 0 Å². The van der Waals surface area contributed by atoms with Gasteiger partial charge >= 0.3 is 0 Å². The molecule has 0 spiro atoms. The van der Waals surface area contributed by atoms with Gasteiger partial charge in [-0.05, 0) is 17.7 Å². The van der Waals surface area contributed by atoms with Crippen LogP contribution in [0, 0.1) is 0 Å². The fourth-order valence-corrected chi connectivity index (χ4v) is 1.94. The van der Waals surface area contributed by atoms with Crippen LogP contribution < -0.4 is 5.73 Å². The van der Waals surface area contributed by atoms with Gasteiger partial charge in [0.2, 0.25) is 0 Å². The first-order valence-electron chi connectivity index (χ1n) is 5.49. The topological polar surface area (TPSA) is 85.4 Å². The first-order valence-corrected chi connectivity index (χ1v) is 5.49. The van der Waals surface area contributed by atoms with Crippen LogP contribution in [0.25, 0.3) is 22.6 Å². The third-order valence-electron chi connectivity index (χ3n) is 2.81. The highest BCUT2D eigenvalue weighted by atomic mass is 15.2. The van der Waals surface area contributed by atoms with E-state index in [0.717, 1.165) is 22.6 Å². The third kappa shape index (κ3) is 1.55. The number of pyridine rings is 1. The van der Waals surface area contributed by atoms with Crippen LogP contribution in [0.1, 0.15) is 0 Å². The lowest BCUT2D eigenvalue weighted by Gasteiger charge is -2.04. The number of nitrogens with two attached hydrogens (primary N) is 1. The molecule has 0 saturated heterocycles. The maximum Gasteiger partial charge on any atom is 0.158 e. The molecule has 0 aliphatic carbocycles. The molecule has 18 heavy (non-hydrogen) atoms. The van der Waals surface area contributed by atoms with Gasteiger partial charge in [-0.3, -0.25) is 10.1 Å². The molecular weight excluding hydrogens is 228 g/mol. The van der Waals surface area contributed by atoms with Gasteiger partial charge in [0.1, 0.15) is 5.69 Å². The molecule has 90 valence electrons. The molecule has 3 N–H and O–H groups in total. The van der Waals surface area contributed by atoms with Crippen molar-refractivity contribution in [3.63, 3.8) is 0 Å². The first kappa shape index (κ1) is 10.5. The molecule has 0 bridgehead atoms. The number of imidazole rings is 1. The highest BCUT2D eigenvalue weighted by molar-refractivity contribution is 5.85. The first-order chi connectivity index (χ1) is 8.77. The number of aromatic amines is 1. The molecule has 0 amide bonds. The van der Waals surface area contributed by atoms with Gasteiger partial charge in [0, 0.05) is 31.8 Å². The molecule has 0 unspecified atom stereocenters. The van der Waals surface area contributed by atoms with Crippen molar-refractivity contribution >= 4 is 5.82 Å². The van der Waals surface area contributed by atoms with Crippen molar-refractivity contribution in [2.75, 3.05) is 5.73 Å². The second-order valence-electron chi connectivity index (χ2n) is 3.96. The van der Waals surface area contributed by atoms with E-state index in [1.54, 1.807) is 18.6 Å². The molecule has 3 aromatic rings. The third-order valence-corrected chi connectivity index (χ3v) is 2.81. The van der Waals surface area contributed by atoms with Crippen molar-refractivity contribution in [1.29, 1.82) is 0 Å². The average molecular weight is 240 g/mol. The Bertz CT molecular complexity index is 667. The molecule has 0 fully saturated rings. The van der Waals surface area contributed by atoms with Gasteiger partial charge in [-0.1, -0.05) is 0 Å². The van der Waals surface area contributed by atoms with E-state index in [1.165, 1.54) is 0 Å². The van der Waals surface area contributed by atoms with E-state index in [2.05, 4.69) is 20.2 Å². The van der Waals surface area contributed by atoms with E-state index >= 15 is 0 Å². The summed E-state index contributed by atoms with van der Waals surface area (Å²) in [6.45, 7) is 0. The normalized spacial score (nSPS) is 10.7. The Balaban J connectivity index is 2.22. The standard InChI is InChI=1S/C12H12N6/c1-18-7-6-15-12(18)10-9(11(13)17-16-10)8-2-4-14-5-3-8/h2-7H,1H3,(H3,13,16,17). The number of hydrogen-bond acceptors (Lipinski definition) is 4. The van der Waals surface area contributed by atoms with Gasteiger partial charge in [-0.25, -0.2) is 4.98 Å². The van der Waals surface area contributed by atoms with Gasteiger partial charge in [-0.2, -0.15) is 5.10 Å². The van der Waals surface area contributed by atoms with E-state index in [4.69, 9.17) is 5.73 Å². The summed E-state index contributed by atoms with van der Waals surface area (Å²) in [6.07, 6.45) is 7.07. The average Bonchev–Trinajstić information content (AvgIpc) is 2.96. The molecule has 6 nitrogen and oxygen atoms in total. The summed E-state index contributed by atoms with van der Waals surface area (Å²) >= 11 is 0. The van der Waals surface area contributed by atoms with Gasteiger partial charge in [0.05, 0.1) is 5.56 Å². The molecule has 6 heteroatoms. The number of anilines is 1. The smallest absolute Gasteiger partial charge is 0.158 e. The number of nitrogens with one attached hydrogen (secondary N) is 1. The summed E-state index contributed by atoms with van der Waals surface area (Å²) in [5.41, 5.74) is 8.56. The lowest BCUT2D eigenvalue weighted by Crippen LogP contribution is -1.94. The van der Waals surface area contributed by atoms with Gasteiger partial charge < -0.3 is 10.3 Å². The van der Waals surface area contributed by atoms with Crippen LogP contribution in [-0.4, -0.2) is 24.7 Å². The predicted octanol–water partition coefficient (Wildman–Crippen LogP) is 1.45. The Morgan fingerprint density at radius 3 is 2.67 bits per heavy atom. The summed E-state index contributed by atoms with van der Waals surface area (Å²) in [5.74, 6) is 1.25. The van der Waals surface area contributed by atoms with E-state index in [-0.39, 0.29) is 0 Å². The van der Waals surface area contributed by atoms with Crippen LogP contribution in [0.5, 0.6) is 0 Å². The SMILES string of the molecule is Cn1ccnc1-c1[nH]nc(N)c1-c1ccncc1. The number of rotatable bonds is 2. The molecule has 0 atom stereocenters. The highest BCUT2D eigenvalue weighted by Crippen LogP contribution is 2.33. The summed E-state index contributed by atoms with van der Waals surface area (Å²) in [7, 11) is 1.93. The largest absolute Gasteiger partial charge is 0.382 e. The fourth-order valence-electron chi connectivity index (χ4n) is 1.94. The number of hydrogen-bond donors (Lipinski definition) is 2. The van der Waals surface area contributed by atoms with Gasteiger partial charge in [-0.15, -0.1) is 0 Å². The van der Waals surface area contributed by atoms with Gasteiger partial charge in [0.15, 0.2) is 11.6 Å². The lowest BCUT2D eigenvalue weighted by molar-refractivity contribution is 0.914. The van der Waals surface area contributed by atoms with Crippen molar-refractivity contribution in [2.24, 2.45) is 7.05 Å². The lowest BCUT2D eigenvalue weighted by atomic mass is 10.1. The summed E-state index contributed by atoms with van der Waals surface area (Å²) in [5, 5.41) is 7.01. The van der Waals surface area contributed by atoms with Crippen LogP contribution in [0.4, 0.5) is 5.82 Å². The number of H-pyrrole nitrogens is 1. The maximum atomic E-state index is 5.93. The molecule has 3 rings (SSSR count). The van der Waals surface area contributed by atoms with Crippen LogP contribution >= 0.6 is 0 Å². The monoisotopic (exact) mass is 240 g/mol. The summed E-state index contributed by atoms with van der Waals surface area (Å²) < 4.78 is 1.91. The van der Waals surface area contributed by atoms with E-state index in [1.807, 2.05) is 29.9 Å². The molecular formula is C12H12N6. The quantitative estimate of drug-likeness (QED) is 0.710. The molecule has 0 radical (unpaired) electrons. The zero-order chi connectivity index (χ0) is 12.5. The summed E-state index contributed by atoms with van der Waals surface area (Å²) in [6, 6.07) is 3.79. The molecule has 0 saturated carbocycles. The zero-order valence-corrected chi connectivity index (χ0v) is 9.83. The number of aromatic nitrogens is 5. The minimum absolute atomic E-state index is 0.458. The Labute approximate surface area is 104 Å². The Morgan fingerprint density at radius 2 is 2.00 bits per heavy atom. The van der Waals surface area contributed by atoms with E-state index < -0.39 is 0 Å². The minimum Gasteiger partial charge on any atom is -0.382 e. The van der Waals surface area contributed by atoms with E-state index in [9.17, 15) is 0 Å². The van der Waals surface area contributed by atoms with Crippen LogP contribution in [0.2, 0.25) is 0 Å². The molecule has 3 aromatic heterocycles. The van der Waals surface area contributed by atoms with E-state index in [0.29, 0.717) is 5.82 Å². The fraction of sp³-hybridized carbons (Fsp3) is 0.0833. The molecule has 0 aliphatic heterocycles. The zero-order valence-electron chi connectivity index (χ0n) is 9.83. The van der Waals surface area contributed by atoms with Crippen molar-refractivity contribution in [2.45, 2.75) is 0 Å². The van der Waals surface area contributed by atoms with Crippen molar-refractivity contribution in [3.05, 3.63) is 36.9 Å². The number of nitrogens with zero attached hydrogens (tertiary/aromatic N) is 4. The summed E-state index contributed by atoms with van der Waals surface area (Å²) in [4.78, 5) is 8.31. The second kappa shape index (κ2) is 3.99. The van der Waals surface area contributed by atoms with Crippen LogP contribution in [-0.2, 0) is 7.05 Å². The highest BCUT2D eigenvalue weighted by Gasteiger charge is 2.17. The Hall–Kier alpha value is -2.63. The molecule has 0 aliphatic rings. The predicted molar refractivity (Wildman–Crippen MR) is 68.4 cm³/mol. The second-order valence-corrected chi connectivity index (χ2v) is 3.96. The van der Waals surface area contributed by atoms with Crippen molar-refractivity contribution in [3.8, 4) is 22.6 Å². The Kier molecular flexibility index (Phi) is 2.33. The maximum absolute atomic E-state index is 5.93. The number of aryl methyl sites for hydroxylation is 1. The van der Waals surface area contributed by atoms with Crippen LogP contribution in [0.3, 0.4) is 0 Å². The van der Waals surface area contributed by atoms with Gasteiger partial charge in [0.25, 0.3) is 0 Å². The number of nitrogen functional groups attached to an aromatic ring is 1. The van der Waals surface area contributed by atoms with Crippen molar-refractivity contribution in [1.82, 2.24) is 24.7 Å². The Morgan fingerprint density at radius 1 is 1.22 bits per heavy atom. The molecule has 0 aromatic carbocycles. The minimum atomic E-state index is 0.458.